The van der Waals surface area contributed by atoms with Crippen LogP contribution in [0.2, 0.25) is 0 Å². The number of benzene rings is 1. The highest BCUT2D eigenvalue weighted by atomic mass is 32.1. The smallest absolute Gasteiger partial charge is 0.255 e. The molecule has 8 nitrogen and oxygen atoms in total. The molecule has 9 heteroatoms. The minimum Gasteiger partial charge on any atom is -0.357 e. The third kappa shape index (κ3) is 3.40. The number of aromatic nitrogens is 1. The van der Waals surface area contributed by atoms with Crippen LogP contribution >= 0.6 is 11.3 Å². The zero-order chi connectivity index (χ0) is 20.0. The summed E-state index contributed by atoms with van der Waals surface area (Å²) in [6.45, 7) is 3.00. The highest BCUT2D eigenvalue weighted by Gasteiger charge is 2.39. The van der Waals surface area contributed by atoms with Crippen LogP contribution in [0.3, 0.4) is 0 Å². The van der Waals surface area contributed by atoms with Crippen molar-refractivity contribution in [2.75, 3.05) is 18.4 Å². The van der Waals surface area contributed by atoms with Crippen molar-refractivity contribution in [2.24, 2.45) is 0 Å². The molecule has 2 fully saturated rings. The Bertz CT molecular complexity index is 1000. The second-order valence-electron chi connectivity index (χ2n) is 7.67. The van der Waals surface area contributed by atoms with Gasteiger partial charge in [-0.3, -0.25) is 19.7 Å². The van der Waals surface area contributed by atoms with Crippen molar-refractivity contribution >= 4 is 34.2 Å². The molecule has 3 N–H and O–H groups in total. The van der Waals surface area contributed by atoms with Gasteiger partial charge in [-0.1, -0.05) is 12.1 Å². The number of carbonyl (C=O) groups excluding carboxylic acids is 3. The van der Waals surface area contributed by atoms with E-state index >= 15 is 0 Å². The fourth-order valence-electron chi connectivity index (χ4n) is 3.94. The molecule has 0 radical (unpaired) electrons. The van der Waals surface area contributed by atoms with Crippen LogP contribution in [0.25, 0.3) is 0 Å². The maximum absolute atomic E-state index is 12.9. The Balaban J connectivity index is 1.26. The standard InChI is InChI=1S/C20H21N5O3S/c26-17-4-3-15(18(27)24-17)25-10-12-2-1-11(5-14(12)19(25)28)6-22-20-23-9-16(29-20)13-7-21-8-13/h1-2,5,9,13,15,21H,3-4,6-8,10H2,(H,22,23)(H,24,26,27). The topological polar surface area (TPSA) is 103 Å². The van der Waals surface area contributed by atoms with Crippen molar-refractivity contribution in [3.05, 3.63) is 46.0 Å². The van der Waals surface area contributed by atoms with Crippen LogP contribution < -0.4 is 16.0 Å². The van der Waals surface area contributed by atoms with E-state index in [1.165, 1.54) is 4.88 Å². The largest absolute Gasteiger partial charge is 0.357 e. The van der Waals surface area contributed by atoms with E-state index in [0.29, 0.717) is 31.0 Å². The number of hydrogen-bond donors (Lipinski definition) is 3. The predicted molar refractivity (Wildman–Crippen MR) is 108 cm³/mol. The summed E-state index contributed by atoms with van der Waals surface area (Å²) in [5.74, 6) is -0.238. The van der Waals surface area contributed by atoms with E-state index < -0.39 is 6.04 Å². The SMILES string of the molecule is O=C1CCC(N2Cc3ccc(CNc4ncc(C5CNC5)s4)cc3C2=O)C(=O)N1. The molecule has 2 aromatic rings. The van der Waals surface area contributed by atoms with Crippen LogP contribution in [0.5, 0.6) is 0 Å². The van der Waals surface area contributed by atoms with Gasteiger partial charge in [-0.25, -0.2) is 4.98 Å². The fraction of sp³-hybridized carbons (Fsp3) is 0.400. The quantitative estimate of drug-likeness (QED) is 0.639. The first-order valence-electron chi connectivity index (χ1n) is 9.75. The first-order valence-corrected chi connectivity index (χ1v) is 10.6. The molecule has 150 valence electrons. The van der Waals surface area contributed by atoms with E-state index in [-0.39, 0.29) is 24.1 Å². The Labute approximate surface area is 171 Å². The second kappa shape index (κ2) is 7.23. The lowest BCUT2D eigenvalue weighted by molar-refractivity contribution is -0.136. The molecular formula is C20H21N5O3S. The van der Waals surface area contributed by atoms with Crippen LogP contribution in [0, 0.1) is 0 Å². The van der Waals surface area contributed by atoms with E-state index in [9.17, 15) is 14.4 Å². The van der Waals surface area contributed by atoms with Gasteiger partial charge in [0.2, 0.25) is 11.8 Å². The second-order valence-corrected chi connectivity index (χ2v) is 8.73. The molecule has 0 bridgehead atoms. The summed E-state index contributed by atoms with van der Waals surface area (Å²) >= 11 is 1.67. The van der Waals surface area contributed by atoms with Crippen molar-refractivity contribution in [1.29, 1.82) is 0 Å². The number of imide groups is 1. The van der Waals surface area contributed by atoms with Gasteiger partial charge >= 0.3 is 0 Å². The molecule has 3 aliphatic heterocycles. The summed E-state index contributed by atoms with van der Waals surface area (Å²) in [5.41, 5.74) is 2.54. The average Bonchev–Trinajstić information content (AvgIpc) is 3.24. The van der Waals surface area contributed by atoms with E-state index in [0.717, 1.165) is 29.3 Å². The third-order valence-corrected chi connectivity index (χ3v) is 6.86. The molecule has 29 heavy (non-hydrogen) atoms. The summed E-state index contributed by atoms with van der Waals surface area (Å²) in [4.78, 5) is 43.7. The van der Waals surface area contributed by atoms with Gasteiger partial charge < -0.3 is 15.5 Å². The van der Waals surface area contributed by atoms with Crippen molar-refractivity contribution in [2.45, 2.75) is 37.9 Å². The van der Waals surface area contributed by atoms with Crippen molar-refractivity contribution in [1.82, 2.24) is 20.5 Å². The molecule has 3 aliphatic rings. The molecule has 1 unspecified atom stereocenters. The van der Waals surface area contributed by atoms with E-state index in [1.807, 2.05) is 24.4 Å². The summed E-state index contributed by atoms with van der Waals surface area (Å²) in [6.07, 6.45) is 2.57. The van der Waals surface area contributed by atoms with Gasteiger partial charge in [0, 0.05) is 55.2 Å². The number of nitrogens with one attached hydrogen (secondary N) is 3. The van der Waals surface area contributed by atoms with Gasteiger partial charge in [-0.15, -0.1) is 11.3 Å². The van der Waals surface area contributed by atoms with Crippen molar-refractivity contribution in [3.63, 3.8) is 0 Å². The number of carbonyl (C=O) groups is 3. The molecule has 5 rings (SSSR count). The third-order valence-electron chi connectivity index (χ3n) is 5.74. The molecule has 0 aliphatic carbocycles. The van der Waals surface area contributed by atoms with Crippen molar-refractivity contribution < 1.29 is 14.4 Å². The van der Waals surface area contributed by atoms with Crippen LogP contribution in [-0.4, -0.2) is 46.7 Å². The minimum atomic E-state index is -0.580. The van der Waals surface area contributed by atoms with Crippen LogP contribution in [0.4, 0.5) is 5.13 Å². The molecule has 1 aromatic carbocycles. The lowest BCUT2D eigenvalue weighted by Gasteiger charge is -2.29. The number of hydrogen-bond acceptors (Lipinski definition) is 7. The Morgan fingerprint density at radius 3 is 2.86 bits per heavy atom. The molecule has 4 heterocycles. The predicted octanol–water partition coefficient (Wildman–Crippen LogP) is 1.20. The maximum atomic E-state index is 12.9. The highest BCUT2D eigenvalue weighted by molar-refractivity contribution is 7.15. The number of nitrogens with zero attached hydrogens (tertiary/aromatic N) is 2. The van der Waals surface area contributed by atoms with Gasteiger partial charge in [-0.05, 0) is 23.6 Å². The molecule has 3 amide bonds. The summed E-state index contributed by atoms with van der Waals surface area (Å²) < 4.78 is 0. The number of anilines is 1. The fourth-order valence-corrected chi connectivity index (χ4v) is 4.85. The molecule has 0 spiro atoms. The molecule has 1 atom stereocenters. The zero-order valence-electron chi connectivity index (χ0n) is 15.7. The normalized spacial score (nSPS) is 21.7. The van der Waals surface area contributed by atoms with Gasteiger partial charge in [0.25, 0.3) is 5.91 Å². The average molecular weight is 411 g/mol. The Morgan fingerprint density at radius 1 is 1.24 bits per heavy atom. The minimum absolute atomic E-state index is 0.148. The number of fused-ring (bicyclic) bond motifs is 1. The van der Waals surface area contributed by atoms with E-state index in [4.69, 9.17) is 0 Å². The van der Waals surface area contributed by atoms with Gasteiger partial charge in [0.15, 0.2) is 5.13 Å². The number of thiazole rings is 1. The zero-order valence-corrected chi connectivity index (χ0v) is 16.6. The first kappa shape index (κ1) is 18.3. The molecular weight excluding hydrogens is 390 g/mol. The summed E-state index contributed by atoms with van der Waals surface area (Å²) in [5, 5.41) is 9.81. The lowest BCUT2D eigenvalue weighted by atomic mass is 10.0. The molecule has 1 aromatic heterocycles. The van der Waals surface area contributed by atoms with Crippen LogP contribution in [0.1, 0.15) is 45.1 Å². The van der Waals surface area contributed by atoms with Gasteiger partial charge in [-0.2, -0.15) is 0 Å². The number of rotatable bonds is 5. The van der Waals surface area contributed by atoms with E-state index in [2.05, 4.69) is 20.9 Å². The molecule has 0 saturated carbocycles. The Kier molecular flexibility index (Phi) is 4.56. The van der Waals surface area contributed by atoms with Crippen molar-refractivity contribution in [3.8, 4) is 0 Å². The monoisotopic (exact) mass is 411 g/mol. The van der Waals surface area contributed by atoms with E-state index in [1.54, 1.807) is 16.2 Å². The molecule has 2 saturated heterocycles. The number of piperidine rings is 1. The maximum Gasteiger partial charge on any atom is 0.255 e. The Morgan fingerprint density at radius 2 is 2.10 bits per heavy atom. The number of amides is 3. The summed E-state index contributed by atoms with van der Waals surface area (Å²) in [6, 6.07) is 5.26. The summed E-state index contributed by atoms with van der Waals surface area (Å²) in [7, 11) is 0. The Hall–Kier alpha value is -2.78. The highest BCUT2D eigenvalue weighted by Crippen LogP contribution is 2.30. The first-order chi connectivity index (χ1) is 14.1. The lowest BCUT2D eigenvalue weighted by Crippen LogP contribution is -2.52. The van der Waals surface area contributed by atoms with Crippen LogP contribution in [0.15, 0.2) is 24.4 Å². The van der Waals surface area contributed by atoms with Crippen LogP contribution in [-0.2, 0) is 22.7 Å². The van der Waals surface area contributed by atoms with Gasteiger partial charge in [0.05, 0.1) is 0 Å². The van der Waals surface area contributed by atoms with Gasteiger partial charge in [0.1, 0.15) is 6.04 Å².